The minimum atomic E-state index is 0.0478. The van der Waals surface area contributed by atoms with Crippen LogP contribution in [0.5, 0.6) is 5.75 Å². The molecule has 4 rings (SSSR count). The van der Waals surface area contributed by atoms with Gasteiger partial charge in [0.2, 0.25) is 5.91 Å². The number of carbonyl (C=O) groups is 2. The summed E-state index contributed by atoms with van der Waals surface area (Å²) < 4.78 is 5.22. The standard InChI is InChI=1S/C24H32N4O3/c1-31-19-8-4-6-18(14-19)15-25-22(29)12-11-17-7-5-13-28(16-17)24(30)23-20-9-2-3-10-21(20)26-27-23/h4,6,8,14,17H,2-3,5,7,9-13,15-16H2,1H3,(H,25,29)(H,26,27). The molecule has 1 aliphatic carbocycles. The molecular weight excluding hydrogens is 392 g/mol. The number of fused-ring (bicyclic) bond motifs is 1. The summed E-state index contributed by atoms with van der Waals surface area (Å²) in [6, 6.07) is 7.71. The van der Waals surface area contributed by atoms with Gasteiger partial charge < -0.3 is 15.0 Å². The number of aryl methyl sites for hydroxylation is 1. The first-order valence-electron chi connectivity index (χ1n) is 11.4. The van der Waals surface area contributed by atoms with Crippen molar-refractivity contribution in [3.63, 3.8) is 0 Å². The number of likely N-dealkylation sites (tertiary alicyclic amines) is 1. The van der Waals surface area contributed by atoms with E-state index in [1.54, 1.807) is 7.11 Å². The van der Waals surface area contributed by atoms with E-state index in [9.17, 15) is 9.59 Å². The van der Waals surface area contributed by atoms with Gasteiger partial charge in [-0.3, -0.25) is 14.7 Å². The largest absolute Gasteiger partial charge is 0.497 e. The summed E-state index contributed by atoms with van der Waals surface area (Å²) in [5.41, 5.74) is 3.89. The number of methoxy groups -OCH3 is 1. The lowest BCUT2D eigenvalue weighted by molar-refractivity contribution is -0.121. The normalized spacial score (nSPS) is 18.4. The van der Waals surface area contributed by atoms with E-state index in [-0.39, 0.29) is 11.8 Å². The van der Waals surface area contributed by atoms with Gasteiger partial charge in [-0.1, -0.05) is 12.1 Å². The molecular formula is C24H32N4O3. The summed E-state index contributed by atoms with van der Waals surface area (Å²) in [5, 5.41) is 10.4. The Morgan fingerprint density at radius 3 is 3.00 bits per heavy atom. The van der Waals surface area contributed by atoms with Crippen LogP contribution in [0.15, 0.2) is 24.3 Å². The van der Waals surface area contributed by atoms with Crippen LogP contribution in [-0.2, 0) is 24.2 Å². The molecule has 2 N–H and O–H groups in total. The van der Waals surface area contributed by atoms with Crippen molar-refractivity contribution in [2.45, 2.75) is 57.9 Å². The number of aromatic amines is 1. The summed E-state index contributed by atoms with van der Waals surface area (Å²) in [4.78, 5) is 27.4. The number of hydrogen-bond donors (Lipinski definition) is 2. The fraction of sp³-hybridized carbons (Fsp3) is 0.542. The maximum absolute atomic E-state index is 13.1. The van der Waals surface area contributed by atoms with Gasteiger partial charge in [-0.2, -0.15) is 5.10 Å². The number of H-pyrrole nitrogens is 1. The Hall–Kier alpha value is -2.83. The van der Waals surface area contributed by atoms with E-state index < -0.39 is 0 Å². The Balaban J connectivity index is 1.25. The van der Waals surface area contributed by atoms with Gasteiger partial charge >= 0.3 is 0 Å². The lowest BCUT2D eigenvalue weighted by Crippen LogP contribution is -2.40. The molecule has 7 heteroatoms. The smallest absolute Gasteiger partial charge is 0.274 e. The highest BCUT2D eigenvalue weighted by Crippen LogP contribution is 2.26. The van der Waals surface area contributed by atoms with E-state index in [0.29, 0.717) is 31.1 Å². The van der Waals surface area contributed by atoms with Gasteiger partial charge in [0.05, 0.1) is 7.11 Å². The summed E-state index contributed by atoms with van der Waals surface area (Å²) in [6.45, 7) is 1.98. The maximum atomic E-state index is 13.1. The molecule has 1 aliphatic heterocycles. The number of benzene rings is 1. The molecule has 0 radical (unpaired) electrons. The van der Waals surface area contributed by atoms with Crippen molar-refractivity contribution in [2.75, 3.05) is 20.2 Å². The van der Waals surface area contributed by atoms with Gasteiger partial charge in [-0.15, -0.1) is 0 Å². The first-order chi connectivity index (χ1) is 15.1. The second kappa shape index (κ2) is 9.98. The molecule has 1 aromatic carbocycles. The van der Waals surface area contributed by atoms with Crippen LogP contribution in [0, 0.1) is 5.92 Å². The van der Waals surface area contributed by atoms with E-state index in [1.807, 2.05) is 29.2 Å². The number of hydrogen-bond acceptors (Lipinski definition) is 4. The van der Waals surface area contributed by atoms with E-state index in [1.165, 1.54) is 0 Å². The van der Waals surface area contributed by atoms with Crippen molar-refractivity contribution in [3.05, 3.63) is 46.8 Å². The molecule has 1 unspecified atom stereocenters. The monoisotopic (exact) mass is 424 g/mol. The average Bonchev–Trinajstić information content (AvgIpc) is 3.25. The lowest BCUT2D eigenvalue weighted by Gasteiger charge is -2.32. The molecule has 0 bridgehead atoms. The molecule has 2 amide bonds. The zero-order valence-electron chi connectivity index (χ0n) is 18.3. The second-order valence-electron chi connectivity index (χ2n) is 8.66. The van der Waals surface area contributed by atoms with Crippen LogP contribution < -0.4 is 10.1 Å². The molecule has 1 fully saturated rings. The van der Waals surface area contributed by atoms with Gasteiger partial charge in [0.25, 0.3) is 5.91 Å². The van der Waals surface area contributed by atoms with Gasteiger partial charge in [-0.25, -0.2) is 0 Å². The van der Waals surface area contributed by atoms with Crippen LogP contribution in [0.3, 0.4) is 0 Å². The van der Waals surface area contributed by atoms with Crippen molar-refractivity contribution in [3.8, 4) is 5.75 Å². The second-order valence-corrected chi connectivity index (χ2v) is 8.66. The van der Waals surface area contributed by atoms with Crippen LogP contribution in [0.25, 0.3) is 0 Å². The molecule has 31 heavy (non-hydrogen) atoms. The van der Waals surface area contributed by atoms with Crippen molar-refractivity contribution >= 4 is 11.8 Å². The molecule has 2 aromatic rings. The quantitative estimate of drug-likeness (QED) is 0.714. The average molecular weight is 425 g/mol. The number of nitrogens with zero attached hydrogens (tertiary/aromatic N) is 2. The number of nitrogens with one attached hydrogen (secondary N) is 2. The Labute approximate surface area is 183 Å². The number of carbonyl (C=O) groups excluding carboxylic acids is 2. The third-order valence-corrected chi connectivity index (χ3v) is 6.47. The van der Waals surface area contributed by atoms with Crippen molar-refractivity contribution in [2.24, 2.45) is 5.92 Å². The van der Waals surface area contributed by atoms with Crippen molar-refractivity contribution < 1.29 is 14.3 Å². The maximum Gasteiger partial charge on any atom is 0.274 e. The van der Waals surface area contributed by atoms with Crippen LogP contribution in [0.4, 0.5) is 0 Å². The zero-order valence-corrected chi connectivity index (χ0v) is 18.3. The number of amides is 2. The SMILES string of the molecule is COc1cccc(CNC(=O)CCC2CCCN(C(=O)c3n[nH]c4c3CCCC4)C2)c1. The van der Waals surface area contributed by atoms with Gasteiger partial charge in [-0.05, 0) is 68.6 Å². The fourth-order valence-corrected chi connectivity index (χ4v) is 4.70. The van der Waals surface area contributed by atoms with E-state index >= 15 is 0 Å². The van der Waals surface area contributed by atoms with E-state index in [0.717, 1.165) is 74.1 Å². The molecule has 0 saturated carbocycles. The first-order valence-corrected chi connectivity index (χ1v) is 11.4. The van der Waals surface area contributed by atoms with E-state index in [4.69, 9.17) is 4.74 Å². The number of rotatable bonds is 7. The molecule has 7 nitrogen and oxygen atoms in total. The predicted molar refractivity (Wildman–Crippen MR) is 118 cm³/mol. The highest BCUT2D eigenvalue weighted by atomic mass is 16.5. The van der Waals surface area contributed by atoms with E-state index in [2.05, 4.69) is 15.5 Å². The van der Waals surface area contributed by atoms with Gasteiger partial charge in [0, 0.05) is 37.3 Å². The number of ether oxygens (including phenoxy) is 1. The van der Waals surface area contributed by atoms with Crippen LogP contribution in [0.2, 0.25) is 0 Å². The van der Waals surface area contributed by atoms with Crippen LogP contribution >= 0.6 is 0 Å². The van der Waals surface area contributed by atoms with Gasteiger partial charge in [0.15, 0.2) is 5.69 Å². The molecule has 1 aromatic heterocycles. The first kappa shape index (κ1) is 21.4. The van der Waals surface area contributed by atoms with Crippen molar-refractivity contribution in [1.29, 1.82) is 0 Å². The minimum absolute atomic E-state index is 0.0478. The van der Waals surface area contributed by atoms with Crippen molar-refractivity contribution in [1.82, 2.24) is 20.4 Å². The Morgan fingerprint density at radius 2 is 2.13 bits per heavy atom. The molecule has 1 saturated heterocycles. The summed E-state index contributed by atoms with van der Waals surface area (Å²) >= 11 is 0. The minimum Gasteiger partial charge on any atom is -0.497 e. The van der Waals surface area contributed by atoms with Crippen LogP contribution in [0.1, 0.15) is 65.8 Å². The topological polar surface area (TPSA) is 87.3 Å². The lowest BCUT2D eigenvalue weighted by atomic mass is 9.92. The molecule has 2 heterocycles. The summed E-state index contributed by atoms with van der Waals surface area (Å²) in [6.07, 6.45) is 7.54. The Morgan fingerprint density at radius 1 is 1.26 bits per heavy atom. The zero-order chi connectivity index (χ0) is 21.6. The molecule has 0 spiro atoms. The molecule has 2 aliphatic rings. The fourth-order valence-electron chi connectivity index (χ4n) is 4.70. The van der Waals surface area contributed by atoms with Gasteiger partial charge in [0.1, 0.15) is 5.75 Å². The molecule has 1 atom stereocenters. The Bertz CT molecular complexity index is 923. The third-order valence-electron chi connectivity index (χ3n) is 6.47. The predicted octanol–water partition coefficient (Wildman–Crippen LogP) is 3.25. The highest BCUT2D eigenvalue weighted by molar-refractivity contribution is 5.94. The Kier molecular flexibility index (Phi) is 6.89. The third kappa shape index (κ3) is 5.27. The molecule has 166 valence electrons. The van der Waals surface area contributed by atoms with Crippen LogP contribution in [-0.4, -0.2) is 47.1 Å². The summed E-state index contributed by atoms with van der Waals surface area (Å²) in [7, 11) is 1.64. The number of aromatic nitrogens is 2. The summed E-state index contributed by atoms with van der Waals surface area (Å²) in [5.74, 6) is 1.24. The highest BCUT2D eigenvalue weighted by Gasteiger charge is 2.29. The number of piperidine rings is 1.